The van der Waals surface area contributed by atoms with E-state index in [0.29, 0.717) is 38.4 Å². The number of aromatic nitrogens is 4. The van der Waals surface area contributed by atoms with Gasteiger partial charge in [-0.1, -0.05) is 0 Å². The van der Waals surface area contributed by atoms with Crippen molar-refractivity contribution in [3.8, 4) is 0 Å². The van der Waals surface area contributed by atoms with Crippen LogP contribution < -0.4 is 0 Å². The van der Waals surface area contributed by atoms with Crippen molar-refractivity contribution in [2.24, 2.45) is 0 Å². The van der Waals surface area contributed by atoms with E-state index in [1.54, 1.807) is 17.2 Å². The molecule has 0 saturated carbocycles. The molecule has 138 valence electrons. The summed E-state index contributed by atoms with van der Waals surface area (Å²) >= 11 is 0. The van der Waals surface area contributed by atoms with Crippen molar-refractivity contribution in [1.29, 1.82) is 0 Å². The lowest BCUT2D eigenvalue weighted by Gasteiger charge is -2.32. The zero-order valence-corrected chi connectivity index (χ0v) is 14.9. The molecule has 2 atom stereocenters. The van der Waals surface area contributed by atoms with E-state index >= 15 is 0 Å². The first-order valence-electron chi connectivity index (χ1n) is 8.93. The van der Waals surface area contributed by atoms with Gasteiger partial charge in [0, 0.05) is 18.4 Å². The molecule has 2 aliphatic heterocycles. The molecule has 1 spiro atoms. The Hall–Kier alpha value is -2.32. The number of rotatable bonds is 3. The molecule has 2 aliphatic rings. The number of nitrogens with zero attached hydrogens (tertiary/aromatic N) is 5. The molecule has 8 nitrogen and oxygen atoms in total. The Kier molecular flexibility index (Phi) is 4.69. The summed E-state index contributed by atoms with van der Waals surface area (Å²) < 4.78 is 13.9. The zero-order valence-electron chi connectivity index (χ0n) is 14.9. The summed E-state index contributed by atoms with van der Waals surface area (Å²) in [5.74, 6) is -0.0225. The lowest BCUT2D eigenvalue weighted by atomic mass is 9.99. The number of carbonyl (C=O) groups is 1. The fourth-order valence-electron chi connectivity index (χ4n) is 3.64. The Bertz CT molecular complexity index is 749. The molecule has 0 aromatic carbocycles. The average molecular weight is 357 g/mol. The Morgan fingerprint density at radius 3 is 3.12 bits per heavy atom. The van der Waals surface area contributed by atoms with Crippen LogP contribution in [0.5, 0.6) is 0 Å². The minimum atomic E-state index is -0.449. The number of carbonyl (C=O) groups excluding carboxylic acids is 1. The summed E-state index contributed by atoms with van der Waals surface area (Å²) in [6, 6.07) is 3.68. The molecule has 0 N–H and O–H groups in total. The van der Waals surface area contributed by atoms with Crippen molar-refractivity contribution >= 4 is 5.91 Å². The highest BCUT2D eigenvalue weighted by Crippen LogP contribution is 2.34. The largest absolute Gasteiger partial charge is 0.377 e. The van der Waals surface area contributed by atoms with Crippen LogP contribution >= 0.6 is 0 Å². The normalized spacial score (nSPS) is 26.2. The van der Waals surface area contributed by atoms with Crippen LogP contribution in [0, 0.1) is 6.92 Å². The average Bonchev–Trinajstić information content (AvgIpc) is 3.23. The van der Waals surface area contributed by atoms with Gasteiger partial charge >= 0.3 is 0 Å². The van der Waals surface area contributed by atoms with E-state index in [4.69, 9.17) is 9.47 Å². The summed E-state index contributed by atoms with van der Waals surface area (Å²) in [5.41, 5.74) is 1.05. The van der Waals surface area contributed by atoms with E-state index in [9.17, 15) is 4.79 Å². The van der Waals surface area contributed by atoms with Gasteiger partial charge in [0.15, 0.2) is 0 Å². The number of pyridine rings is 1. The molecule has 8 heteroatoms. The first-order valence-corrected chi connectivity index (χ1v) is 8.93. The van der Waals surface area contributed by atoms with Gasteiger partial charge in [0.25, 0.3) is 5.91 Å². The van der Waals surface area contributed by atoms with Crippen LogP contribution in [0.15, 0.2) is 31.0 Å². The van der Waals surface area contributed by atoms with Crippen LogP contribution in [0.25, 0.3) is 0 Å². The Balaban J connectivity index is 1.45. The zero-order chi connectivity index (χ0) is 18.0. The minimum absolute atomic E-state index is 0.0225. The smallest absolute Gasteiger partial charge is 0.255 e. The Labute approximate surface area is 152 Å². The maximum Gasteiger partial charge on any atom is 0.255 e. The Morgan fingerprint density at radius 2 is 2.35 bits per heavy atom. The molecular formula is C18H23N5O3. The van der Waals surface area contributed by atoms with E-state index in [-0.39, 0.29) is 12.0 Å². The van der Waals surface area contributed by atoms with Gasteiger partial charge in [0.05, 0.1) is 38.0 Å². The van der Waals surface area contributed by atoms with Gasteiger partial charge in [-0.3, -0.25) is 14.5 Å². The predicted octanol–water partition coefficient (Wildman–Crippen LogP) is 1.07. The summed E-state index contributed by atoms with van der Waals surface area (Å²) in [6.45, 7) is 4.70. The lowest BCUT2D eigenvalue weighted by molar-refractivity contribution is -0.0881. The number of hydrogen-bond acceptors (Lipinski definition) is 6. The third-order valence-electron chi connectivity index (χ3n) is 4.99. The van der Waals surface area contributed by atoms with E-state index < -0.39 is 5.60 Å². The van der Waals surface area contributed by atoms with Gasteiger partial charge in [0.2, 0.25) is 0 Å². The third kappa shape index (κ3) is 3.61. The van der Waals surface area contributed by atoms with Crippen molar-refractivity contribution < 1.29 is 14.3 Å². The predicted molar refractivity (Wildman–Crippen MR) is 92.6 cm³/mol. The molecule has 4 rings (SSSR count). The molecule has 26 heavy (non-hydrogen) atoms. The van der Waals surface area contributed by atoms with E-state index in [1.807, 2.05) is 24.0 Å². The topological polar surface area (TPSA) is 82.4 Å². The van der Waals surface area contributed by atoms with Gasteiger partial charge in [-0.05, 0) is 31.9 Å². The highest BCUT2D eigenvalue weighted by molar-refractivity contribution is 5.94. The highest BCUT2D eigenvalue weighted by Gasteiger charge is 2.44. The maximum atomic E-state index is 12.9. The van der Waals surface area contributed by atoms with Crippen molar-refractivity contribution in [2.45, 2.75) is 38.0 Å². The van der Waals surface area contributed by atoms with E-state index in [2.05, 4.69) is 15.1 Å². The van der Waals surface area contributed by atoms with Crippen molar-refractivity contribution in [1.82, 2.24) is 24.6 Å². The lowest BCUT2D eigenvalue weighted by Crippen LogP contribution is -2.46. The van der Waals surface area contributed by atoms with E-state index in [1.165, 1.54) is 6.33 Å². The molecule has 2 aromatic rings. The third-order valence-corrected chi connectivity index (χ3v) is 4.99. The molecule has 0 aliphatic carbocycles. The first-order chi connectivity index (χ1) is 12.6. The van der Waals surface area contributed by atoms with E-state index in [0.717, 1.165) is 18.5 Å². The van der Waals surface area contributed by atoms with Crippen LogP contribution in [-0.2, 0) is 16.0 Å². The van der Waals surface area contributed by atoms with Gasteiger partial charge in [-0.2, -0.15) is 5.10 Å². The number of amides is 1. The van der Waals surface area contributed by atoms with Crippen LogP contribution in [0.1, 0.15) is 28.9 Å². The summed E-state index contributed by atoms with van der Waals surface area (Å²) in [7, 11) is 0. The molecule has 0 radical (unpaired) electrons. The second-order valence-corrected chi connectivity index (χ2v) is 7.05. The van der Waals surface area contributed by atoms with Crippen LogP contribution in [-0.4, -0.2) is 68.6 Å². The van der Waals surface area contributed by atoms with Gasteiger partial charge in [-0.25, -0.2) is 4.98 Å². The summed E-state index contributed by atoms with van der Waals surface area (Å²) in [6.07, 6.45) is 6.68. The molecule has 2 saturated heterocycles. The second kappa shape index (κ2) is 7.13. The maximum absolute atomic E-state index is 12.9. The quantitative estimate of drug-likeness (QED) is 0.817. The molecule has 4 heterocycles. The SMILES string of the molecule is Cc1ccc(C(=O)N2CCOC[C@]3(CC[C@H](Cn4cncn4)O3)C2)cn1. The Morgan fingerprint density at radius 1 is 1.42 bits per heavy atom. The molecule has 2 fully saturated rings. The van der Waals surface area contributed by atoms with Crippen LogP contribution in [0.3, 0.4) is 0 Å². The number of hydrogen-bond donors (Lipinski definition) is 0. The van der Waals surface area contributed by atoms with Gasteiger partial charge in [-0.15, -0.1) is 0 Å². The standard InChI is InChI=1S/C18H23N5O3/c1-14-2-3-15(8-20-14)17(24)22-6-7-25-11-18(10-22)5-4-16(26-18)9-23-13-19-12-21-23/h2-3,8,12-13,16H,4-7,9-11H2,1H3/t16-,18+/m1/s1. The number of aryl methyl sites for hydroxylation is 1. The van der Waals surface area contributed by atoms with Crippen molar-refractivity contribution in [3.05, 3.63) is 42.2 Å². The van der Waals surface area contributed by atoms with Gasteiger partial charge < -0.3 is 14.4 Å². The van der Waals surface area contributed by atoms with Crippen LogP contribution in [0.2, 0.25) is 0 Å². The molecule has 0 unspecified atom stereocenters. The number of ether oxygens (including phenoxy) is 2. The van der Waals surface area contributed by atoms with Crippen molar-refractivity contribution in [3.63, 3.8) is 0 Å². The molecule has 2 aromatic heterocycles. The van der Waals surface area contributed by atoms with Gasteiger partial charge in [0.1, 0.15) is 18.3 Å². The summed E-state index contributed by atoms with van der Waals surface area (Å²) in [5, 5.41) is 4.14. The highest BCUT2D eigenvalue weighted by atomic mass is 16.6. The van der Waals surface area contributed by atoms with Crippen molar-refractivity contribution in [2.75, 3.05) is 26.3 Å². The fourth-order valence-corrected chi connectivity index (χ4v) is 3.64. The monoisotopic (exact) mass is 357 g/mol. The summed E-state index contributed by atoms with van der Waals surface area (Å²) in [4.78, 5) is 22.9. The molecular weight excluding hydrogens is 334 g/mol. The molecule has 0 bridgehead atoms. The van der Waals surface area contributed by atoms with Crippen LogP contribution in [0.4, 0.5) is 0 Å². The first kappa shape index (κ1) is 17.1. The fraction of sp³-hybridized carbons (Fsp3) is 0.556. The second-order valence-electron chi connectivity index (χ2n) is 7.05. The minimum Gasteiger partial charge on any atom is -0.377 e. The molecule has 1 amide bonds.